The summed E-state index contributed by atoms with van der Waals surface area (Å²) in [6.45, 7) is 1.43. The second-order valence-electron chi connectivity index (χ2n) is 9.42. The van der Waals surface area contributed by atoms with Gasteiger partial charge in [-0.2, -0.15) is 0 Å². The molecule has 1 heterocycles. The molecule has 0 aromatic carbocycles. The van der Waals surface area contributed by atoms with Gasteiger partial charge < -0.3 is 51.2 Å². The van der Waals surface area contributed by atoms with Gasteiger partial charge in [0.25, 0.3) is 11.8 Å². The third-order valence-electron chi connectivity index (χ3n) is 6.35. The monoisotopic (exact) mass is 575 g/mol. The maximum atomic E-state index is 13.5. The minimum atomic E-state index is -2.60. The van der Waals surface area contributed by atoms with Gasteiger partial charge >= 0.3 is 6.09 Å². The first-order valence-corrected chi connectivity index (χ1v) is 12.4. The number of likely N-dealkylation sites (tertiary alicyclic amines) is 1. The molecule has 1 aliphatic rings. The summed E-state index contributed by atoms with van der Waals surface area (Å²) in [6.07, 6.45) is -7.21. The van der Waals surface area contributed by atoms with E-state index in [0.29, 0.717) is 17.7 Å². The summed E-state index contributed by atoms with van der Waals surface area (Å²) in [5.74, 6) is -5.04. The van der Waals surface area contributed by atoms with Crippen LogP contribution >= 0.6 is 0 Å². The van der Waals surface area contributed by atoms with Gasteiger partial charge in [-0.1, -0.05) is 0 Å². The average Bonchev–Trinajstić information content (AvgIpc) is 3.45. The van der Waals surface area contributed by atoms with Gasteiger partial charge in [0.2, 0.25) is 23.3 Å². The minimum absolute atomic E-state index is 0.134. The Labute approximate surface area is 229 Å². The number of nitrogens with zero attached hydrogens (tertiary/aromatic N) is 2. The van der Waals surface area contributed by atoms with Crippen molar-refractivity contribution in [3.8, 4) is 0 Å². The van der Waals surface area contributed by atoms with Crippen LogP contribution in [0, 0.1) is 0 Å². The molecule has 6 atom stereocenters. The Morgan fingerprint density at radius 2 is 1.70 bits per heavy atom. The summed E-state index contributed by atoms with van der Waals surface area (Å²) in [4.78, 5) is 87.3. The van der Waals surface area contributed by atoms with Crippen LogP contribution in [0.3, 0.4) is 0 Å². The smallest absolute Gasteiger partial charge is 0.413 e. The van der Waals surface area contributed by atoms with E-state index in [2.05, 4.69) is 10.6 Å². The average molecular weight is 576 g/mol. The highest BCUT2D eigenvalue weighted by Crippen LogP contribution is 2.25. The van der Waals surface area contributed by atoms with Gasteiger partial charge in [0.05, 0.1) is 6.61 Å². The fraction of sp³-hybridized carbons (Fsp3) is 0.696. The molecule has 17 heteroatoms. The minimum Gasteiger partial charge on any atom is -0.465 e. The van der Waals surface area contributed by atoms with Gasteiger partial charge in [-0.15, -0.1) is 0 Å². The van der Waals surface area contributed by atoms with Crippen LogP contribution in [0.1, 0.15) is 39.5 Å². The fourth-order valence-electron chi connectivity index (χ4n) is 3.93. The Bertz CT molecular complexity index is 972. The number of carbonyl (C=O) groups excluding carboxylic acids is 6. The first-order chi connectivity index (χ1) is 18.6. The van der Waals surface area contributed by atoms with Gasteiger partial charge in [-0.3, -0.25) is 28.9 Å². The summed E-state index contributed by atoms with van der Waals surface area (Å²) >= 11 is 0. The van der Waals surface area contributed by atoms with Crippen molar-refractivity contribution in [1.29, 1.82) is 0 Å². The van der Waals surface area contributed by atoms with Crippen LogP contribution in [-0.2, 0) is 33.5 Å². The van der Waals surface area contributed by atoms with E-state index in [1.165, 1.54) is 4.90 Å². The number of nitrogens with two attached hydrogens (primary N) is 1. The Morgan fingerprint density at radius 3 is 2.15 bits per heavy atom. The first kappa shape index (κ1) is 34.4. The Kier molecular flexibility index (Phi) is 13.1. The van der Waals surface area contributed by atoms with Crippen molar-refractivity contribution >= 4 is 41.9 Å². The van der Waals surface area contributed by atoms with Crippen molar-refractivity contribution < 1.29 is 58.7 Å². The van der Waals surface area contributed by atoms with E-state index in [1.54, 1.807) is 0 Å². The highest BCUT2D eigenvalue weighted by atomic mass is 16.5. The third-order valence-corrected chi connectivity index (χ3v) is 6.35. The number of nitrogens with one attached hydrogen (secondary N) is 2. The highest BCUT2D eigenvalue weighted by molar-refractivity contribution is 6.09. The molecular formula is C23H37N5O12. The molecule has 1 rings (SSSR count). The van der Waals surface area contributed by atoms with Crippen molar-refractivity contribution in [3.63, 3.8) is 0 Å². The van der Waals surface area contributed by atoms with E-state index in [-0.39, 0.29) is 19.4 Å². The topological polar surface area (TPSA) is 266 Å². The zero-order chi connectivity index (χ0) is 30.8. The van der Waals surface area contributed by atoms with E-state index >= 15 is 0 Å². The van der Waals surface area contributed by atoms with Crippen LogP contribution in [0.5, 0.6) is 0 Å². The predicted molar refractivity (Wildman–Crippen MR) is 133 cm³/mol. The van der Waals surface area contributed by atoms with Crippen LogP contribution in [0.4, 0.5) is 4.79 Å². The molecule has 1 aliphatic heterocycles. The van der Waals surface area contributed by atoms with Crippen molar-refractivity contribution in [3.05, 3.63) is 0 Å². The number of carbonyl (C=O) groups is 7. The summed E-state index contributed by atoms with van der Waals surface area (Å²) in [5.41, 5.74) is 2.76. The number of imide groups is 1. The summed E-state index contributed by atoms with van der Waals surface area (Å²) in [5, 5.41) is 43.3. The molecule has 226 valence electrons. The molecule has 2 unspecified atom stereocenters. The molecule has 40 heavy (non-hydrogen) atoms. The largest absolute Gasteiger partial charge is 0.465 e. The van der Waals surface area contributed by atoms with E-state index in [4.69, 9.17) is 15.6 Å². The van der Waals surface area contributed by atoms with E-state index in [9.17, 15) is 48.9 Å². The lowest BCUT2D eigenvalue weighted by molar-refractivity contribution is -0.191. The van der Waals surface area contributed by atoms with Crippen molar-refractivity contribution in [1.82, 2.24) is 20.4 Å². The highest BCUT2D eigenvalue weighted by Gasteiger charge is 2.51. The zero-order valence-electron chi connectivity index (χ0n) is 22.4. The number of hydrogen-bond donors (Lipinski definition) is 7. The van der Waals surface area contributed by atoms with Gasteiger partial charge in [0.1, 0.15) is 36.7 Å². The second-order valence-corrected chi connectivity index (χ2v) is 9.42. The van der Waals surface area contributed by atoms with E-state index in [1.807, 2.05) is 0 Å². The fourth-order valence-corrected chi connectivity index (χ4v) is 3.93. The van der Waals surface area contributed by atoms with Crippen molar-refractivity contribution in [2.45, 2.75) is 75.5 Å². The normalized spacial score (nSPS) is 18.3. The quantitative estimate of drug-likeness (QED) is 0.0728. The number of ether oxygens (including phenoxy) is 1. The third kappa shape index (κ3) is 8.94. The molecule has 0 spiro atoms. The van der Waals surface area contributed by atoms with Crippen LogP contribution in [0.15, 0.2) is 0 Å². The Morgan fingerprint density at radius 1 is 1.12 bits per heavy atom. The van der Waals surface area contributed by atoms with Crippen LogP contribution in [0.2, 0.25) is 0 Å². The van der Waals surface area contributed by atoms with Crippen LogP contribution < -0.4 is 16.4 Å². The number of carboxylic acid groups (broad SMARTS) is 1. The molecule has 6 amide bonds. The van der Waals surface area contributed by atoms with Gasteiger partial charge in [0.15, 0.2) is 0 Å². The summed E-state index contributed by atoms with van der Waals surface area (Å²) < 4.78 is 5.71. The second kappa shape index (κ2) is 15.2. The SMILES string of the molecule is CC(=O)N[C@@H](C=O)[C@@H](OC(C)(C(=O)NC(CCC(=O)N(C)C(=O)O)C(N)=O)C(=O)N1CCCC1)[C@H](O)[C@H](O)CO. The molecule has 0 aromatic heterocycles. The molecule has 0 radical (unpaired) electrons. The lowest BCUT2D eigenvalue weighted by Gasteiger charge is -2.39. The number of rotatable bonds is 15. The predicted octanol–water partition coefficient (Wildman–Crippen LogP) is -3.94. The van der Waals surface area contributed by atoms with Gasteiger partial charge in [-0.25, -0.2) is 4.79 Å². The number of aliphatic hydroxyl groups excluding tert-OH is 3. The molecule has 0 aromatic rings. The van der Waals surface area contributed by atoms with E-state index in [0.717, 1.165) is 20.9 Å². The van der Waals surface area contributed by atoms with E-state index < -0.39 is 91.1 Å². The molecule has 8 N–H and O–H groups in total. The maximum Gasteiger partial charge on any atom is 0.413 e. The Balaban J connectivity index is 3.43. The molecule has 0 bridgehead atoms. The Hall–Kier alpha value is -3.67. The summed E-state index contributed by atoms with van der Waals surface area (Å²) in [6, 6.07) is -3.29. The van der Waals surface area contributed by atoms with Gasteiger partial charge in [0, 0.05) is 33.5 Å². The number of aliphatic hydroxyl groups is 3. The number of aldehydes is 1. The number of amides is 6. The van der Waals surface area contributed by atoms with Crippen LogP contribution in [-0.4, -0.2) is 135 Å². The molecule has 1 fully saturated rings. The van der Waals surface area contributed by atoms with Gasteiger partial charge in [-0.05, 0) is 26.2 Å². The summed E-state index contributed by atoms with van der Waals surface area (Å²) in [7, 11) is 0.979. The standard InChI is InChI=1S/C23H37N5O12/c1-12(31)25-14(10-29)18(17(34)15(32)11-30)40-23(2,21(37)28-8-4-5-9-28)20(36)26-13(19(24)35)6-7-16(33)27(3)22(38)39/h10,13-15,17-18,30,32,34H,4-9,11H2,1-3H3,(H2,24,35)(H,25,31)(H,26,36)(H,38,39)/t13?,14-,15+,17+,18+,23?/m0/s1. The number of primary amides is 1. The molecule has 1 saturated heterocycles. The molecule has 17 nitrogen and oxygen atoms in total. The number of hydrogen-bond acceptors (Lipinski definition) is 11. The lowest BCUT2D eigenvalue weighted by atomic mass is 9.97. The van der Waals surface area contributed by atoms with Crippen molar-refractivity contribution in [2.75, 3.05) is 26.7 Å². The molecular weight excluding hydrogens is 538 g/mol. The molecule has 0 aliphatic carbocycles. The maximum absolute atomic E-state index is 13.5. The van der Waals surface area contributed by atoms with Crippen molar-refractivity contribution in [2.24, 2.45) is 5.73 Å². The zero-order valence-corrected chi connectivity index (χ0v) is 22.4. The first-order valence-electron chi connectivity index (χ1n) is 12.4. The molecule has 0 saturated carbocycles. The lowest BCUT2D eigenvalue weighted by Crippen LogP contribution is -2.65. The van der Waals surface area contributed by atoms with Crippen LogP contribution in [0.25, 0.3) is 0 Å².